The topological polar surface area (TPSA) is 76.3 Å². The van der Waals surface area contributed by atoms with Crippen LogP contribution in [0, 0.1) is 0 Å². The second-order valence-corrected chi connectivity index (χ2v) is 7.03. The monoisotopic (exact) mass is 380 g/mol. The summed E-state index contributed by atoms with van der Waals surface area (Å²) in [6.45, 7) is 5.43. The van der Waals surface area contributed by atoms with Gasteiger partial charge in [-0.15, -0.1) is 0 Å². The van der Waals surface area contributed by atoms with Crippen LogP contribution in [0.15, 0.2) is 54.1 Å². The normalized spacial score (nSPS) is 15.2. The minimum atomic E-state index is -0.0947. The fourth-order valence-corrected chi connectivity index (χ4v) is 3.54. The molecule has 0 N–H and O–H groups in total. The van der Waals surface area contributed by atoms with Crippen molar-refractivity contribution in [1.82, 2.24) is 28.9 Å². The van der Waals surface area contributed by atoms with Gasteiger partial charge in [0.25, 0.3) is 5.56 Å². The third-order valence-corrected chi connectivity index (χ3v) is 5.26. The van der Waals surface area contributed by atoms with Gasteiger partial charge in [-0.25, -0.2) is 9.97 Å². The number of fused-ring (bicyclic) bond motifs is 1. The van der Waals surface area contributed by atoms with Gasteiger partial charge in [-0.2, -0.15) is 0 Å². The molecule has 0 aliphatic carbocycles. The molecule has 1 aromatic carbocycles. The summed E-state index contributed by atoms with van der Waals surface area (Å²) in [6, 6.07) is 7.27. The number of hydrogen-bond acceptors (Lipinski definition) is 5. The molecular weight excluding hydrogens is 356 g/mol. The molecule has 8 heteroatoms. The molecule has 3 aromatic rings. The summed E-state index contributed by atoms with van der Waals surface area (Å²) in [7, 11) is 0. The highest BCUT2D eigenvalue weighted by atomic mass is 16.2. The molecule has 1 aliphatic rings. The van der Waals surface area contributed by atoms with Crippen molar-refractivity contribution in [1.29, 1.82) is 0 Å². The number of amides is 1. The van der Waals surface area contributed by atoms with Gasteiger partial charge in [0.1, 0.15) is 0 Å². The highest BCUT2D eigenvalue weighted by Crippen LogP contribution is 2.07. The van der Waals surface area contributed by atoms with Crippen LogP contribution in [0.4, 0.5) is 0 Å². The number of carbonyl (C=O) groups is 1. The SMILES string of the molecule is O=C(CCn1cnc2ccccc2c1=O)N1CCN(CCn2ccnc2)CC1. The van der Waals surface area contributed by atoms with Crippen molar-refractivity contribution < 1.29 is 4.79 Å². The zero-order valence-corrected chi connectivity index (χ0v) is 15.8. The van der Waals surface area contributed by atoms with Crippen molar-refractivity contribution in [3.8, 4) is 0 Å². The molecule has 4 rings (SSSR count). The average Bonchev–Trinajstić information content (AvgIpc) is 3.26. The number of aromatic nitrogens is 4. The molecule has 0 radical (unpaired) electrons. The van der Waals surface area contributed by atoms with Crippen LogP contribution in [0.5, 0.6) is 0 Å². The first-order chi connectivity index (χ1) is 13.7. The summed E-state index contributed by atoms with van der Waals surface area (Å²) < 4.78 is 3.59. The van der Waals surface area contributed by atoms with Crippen molar-refractivity contribution in [3.05, 3.63) is 59.7 Å². The minimum absolute atomic E-state index is 0.0920. The van der Waals surface area contributed by atoms with Gasteiger partial charge < -0.3 is 9.47 Å². The zero-order chi connectivity index (χ0) is 19.3. The molecule has 1 aliphatic heterocycles. The van der Waals surface area contributed by atoms with Gasteiger partial charge in [0.05, 0.1) is 23.6 Å². The maximum atomic E-state index is 12.6. The Morgan fingerprint density at radius 2 is 1.82 bits per heavy atom. The van der Waals surface area contributed by atoms with E-state index in [0.29, 0.717) is 23.9 Å². The highest BCUT2D eigenvalue weighted by Gasteiger charge is 2.20. The lowest BCUT2D eigenvalue weighted by molar-refractivity contribution is -0.133. The lowest BCUT2D eigenvalue weighted by atomic mass is 10.2. The second kappa shape index (κ2) is 8.35. The van der Waals surface area contributed by atoms with Gasteiger partial charge in [0, 0.05) is 64.6 Å². The van der Waals surface area contributed by atoms with Crippen LogP contribution in [-0.4, -0.2) is 67.5 Å². The summed E-state index contributed by atoms with van der Waals surface area (Å²) in [5, 5.41) is 0.587. The lowest BCUT2D eigenvalue weighted by Crippen LogP contribution is -2.49. The Morgan fingerprint density at radius 3 is 2.61 bits per heavy atom. The number of benzene rings is 1. The van der Waals surface area contributed by atoms with E-state index in [9.17, 15) is 9.59 Å². The number of rotatable bonds is 6. The Balaban J connectivity index is 1.27. The molecule has 3 heterocycles. The molecule has 0 bridgehead atoms. The molecule has 146 valence electrons. The van der Waals surface area contributed by atoms with Gasteiger partial charge in [-0.1, -0.05) is 12.1 Å². The van der Waals surface area contributed by atoms with Crippen molar-refractivity contribution in [2.75, 3.05) is 32.7 Å². The van der Waals surface area contributed by atoms with E-state index >= 15 is 0 Å². The number of para-hydroxylation sites is 1. The Hall–Kier alpha value is -3.00. The van der Waals surface area contributed by atoms with E-state index in [0.717, 1.165) is 39.3 Å². The minimum Gasteiger partial charge on any atom is -0.340 e. The van der Waals surface area contributed by atoms with Crippen LogP contribution in [0.3, 0.4) is 0 Å². The largest absolute Gasteiger partial charge is 0.340 e. The molecule has 0 unspecified atom stereocenters. The van der Waals surface area contributed by atoms with Crippen molar-refractivity contribution >= 4 is 16.8 Å². The fraction of sp³-hybridized carbons (Fsp3) is 0.400. The Kier molecular flexibility index (Phi) is 5.48. The smallest absolute Gasteiger partial charge is 0.261 e. The molecule has 0 spiro atoms. The fourth-order valence-electron chi connectivity index (χ4n) is 3.54. The number of hydrogen-bond donors (Lipinski definition) is 0. The summed E-state index contributed by atoms with van der Waals surface area (Å²) in [5.74, 6) is 0.0920. The molecule has 1 saturated heterocycles. The van der Waals surface area contributed by atoms with Gasteiger partial charge in [0.2, 0.25) is 5.91 Å². The Bertz CT molecular complexity index is 989. The van der Waals surface area contributed by atoms with E-state index in [4.69, 9.17) is 0 Å². The molecule has 1 fully saturated rings. The third-order valence-electron chi connectivity index (χ3n) is 5.26. The summed E-state index contributed by atoms with van der Waals surface area (Å²) in [5.41, 5.74) is 0.588. The molecule has 0 saturated carbocycles. The second-order valence-electron chi connectivity index (χ2n) is 7.03. The average molecular weight is 380 g/mol. The predicted molar refractivity (Wildman–Crippen MR) is 106 cm³/mol. The molecule has 28 heavy (non-hydrogen) atoms. The van der Waals surface area contributed by atoms with Crippen LogP contribution in [0.25, 0.3) is 10.9 Å². The molecular formula is C20H24N6O2. The lowest BCUT2D eigenvalue weighted by Gasteiger charge is -2.34. The van der Waals surface area contributed by atoms with Crippen molar-refractivity contribution in [3.63, 3.8) is 0 Å². The van der Waals surface area contributed by atoms with E-state index in [-0.39, 0.29) is 11.5 Å². The predicted octanol–water partition coefficient (Wildman–Crippen LogP) is 0.827. The number of imidazole rings is 1. The summed E-state index contributed by atoms with van der Waals surface area (Å²) in [6.07, 6.45) is 7.42. The molecule has 1 amide bonds. The number of carbonyl (C=O) groups excluding carboxylic acids is 1. The number of nitrogens with zero attached hydrogens (tertiary/aromatic N) is 6. The zero-order valence-electron chi connectivity index (χ0n) is 15.8. The quantitative estimate of drug-likeness (QED) is 0.633. The molecule has 8 nitrogen and oxygen atoms in total. The maximum Gasteiger partial charge on any atom is 0.261 e. The molecule has 2 aromatic heterocycles. The van der Waals surface area contributed by atoms with Gasteiger partial charge in [-0.3, -0.25) is 19.1 Å². The van der Waals surface area contributed by atoms with Gasteiger partial charge in [0.15, 0.2) is 0 Å². The van der Waals surface area contributed by atoms with Crippen LogP contribution < -0.4 is 5.56 Å². The highest BCUT2D eigenvalue weighted by molar-refractivity contribution is 5.77. The Labute approximate surface area is 163 Å². The van der Waals surface area contributed by atoms with E-state index in [1.54, 1.807) is 12.3 Å². The number of piperazine rings is 1. The van der Waals surface area contributed by atoms with Crippen molar-refractivity contribution in [2.45, 2.75) is 19.5 Å². The van der Waals surface area contributed by atoms with Crippen LogP contribution in [0.1, 0.15) is 6.42 Å². The first kappa shape index (κ1) is 18.4. The molecule has 0 atom stereocenters. The standard InChI is InChI=1S/C20H24N6O2/c27-19(5-7-26-16-22-18-4-2-1-3-17(18)20(26)28)25-13-11-23(12-14-25)9-10-24-8-6-21-15-24/h1-4,6,8,15-16H,5,7,9-14H2. The van der Waals surface area contributed by atoms with Crippen LogP contribution in [-0.2, 0) is 17.9 Å². The first-order valence-electron chi connectivity index (χ1n) is 9.61. The van der Waals surface area contributed by atoms with Gasteiger partial charge in [-0.05, 0) is 12.1 Å². The van der Waals surface area contributed by atoms with E-state index < -0.39 is 0 Å². The summed E-state index contributed by atoms with van der Waals surface area (Å²) in [4.78, 5) is 37.7. The number of aryl methyl sites for hydroxylation is 1. The van der Waals surface area contributed by atoms with E-state index in [1.165, 1.54) is 10.9 Å². The summed E-state index contributed by atoms with van der Waals surface area (Å²) >= 11 is 0. The van der Waals surface area contributed by atoms with E-state index in [2.05, 4.69) is 19.4 Å². The van der Waals surface area contributed by atoms with Gasteiger partial charge >= 0.3 is 0 Å². The van der Waals surface area contributed by atoms with Crippen molar-refractivity contribution in [2.24, 2.45) is 0 Å². The maximum absolute atomic E-state index is 12.6. The van der Waals surface area contributed by atoms with E-state index in [1.807, 2.05) is 35.6 Å². The van der Waals surface area contributed by atoms with Crippen LogP contribution >= 0.6 is 0 Å². The van der Waals surface area contributed by atoms with Crippen LogP contribution in [0.2, 0.25) is 0 Å². The third kappa shape index (κ3) is 4.12. The first-order valence-corrected chi connectivity index (χ1v) is 9.61. The Morgan fingerprint density at radius 1 is 1.00 bits per heavy atom.